The summed E-state index contributed by atoms with van der Waals surface area (Å²) in [7, 11) is 0. The molecular weight excluding hydrogens is 731 g/mol. The molecule has 2 aliphatic carbocycles. The second-order valence-electron chi connectivity index (χ2n) is 15.9. The number of rotatable bonds is 4. The number of nitrogens with zero attached hydrogens (tertiary/aromatic N) is 1. The van der Waals surface area contributed by atoms with Gasteiger partial charge < -0.3 is 4.90 Å². The highest BCUT2D eigenvalue weighted by molar-refractivity contribution is 6.42. The van der Waals surface area contributed by atoms with Gasteiger partial charge in [-0.05, 0) is 103 Å². The first kappa shape index (κ1) is 34.2. The topological polar surface area (TPSA) is 37.4 Å². The number of anilines is 3. The van der Waals surface area contributed by atoms with Gasteiger partial charge in [-0.1, -0.05) is 170 Å². The fraction of sp³-hybridized carbons (Fsp3) is 0.0175. The van der Waals surface area contributed by atoms with Crippen LogP contribution in [0.3, 0.4) is 0 Å². The van der Waals surface area contributed by atoms with Gasteiger partial charge >= 0.3 is 0 Å². The number of fused-ring (bicyclic) bond motifs is 11. The standard InChI is InChI=1S/C57H35NO2/c59-55-46-34-39-21-10-11-22-40(39)35-47(46)56(60)48(55)32-36-31-45(38-19-6-2-7-20-38)54-52(33-36)57(49-28-14-12-25-43(49)44-26-13-15-29-50(44)57)51-30-16-27-42(37-17-4-1-5-18-37)53(51)58(54)41-23-8-3-9-24-41/h1-35H. The molecule has 0 atom stereocenters. The summed E-state index contributed by atoms with van der Waals surface area (Å²) >= 11 is 0. The third-order valence-electron chi connectivity index (χ3n) is 12.7. The van der Waals surface area contributed by atoms with E-state index in [4.69, 9.17) is 0 Å². The largest absolute Gasteiger partial charge is 0.309 e. The average Bonchev–Trinajstić information content (AvgIpc) is 3.73. The number of hydrogen-bond acceptors (Lipinski definition) is 3. The van der Waals surface area contributed by atoms with Crippen molar-refractivity contribution in [1.82, 2.24) is 0 Å². The maximum Gasteiger partial charge on any atom is 0.197 e. The molecule has 1 heterocycles. The predicted molar refractivity (Wildman–Crippen MR) is 243 cm³/mol. The molecule has 9 aromatic carbocycles. The van der Waals surface area contributed by atoms with E-state index in [1.54, 1.807) is 0 Å². The lowest BCUT2D eigenvalue weighted by Crippen LogP contribution is -2.37. The van der Waals surface area contributed by atoms with Crippen LogP contribution < -0.4 is 4.90 Å². The SMILES string of the molecule is O=C1C(=Cc2cc(-c3ccccc3)c3c(c2)C2(c4ccccc4-c4ccccc42)c2cccc(-c4ccccc4)c2N3c2ccccc2)C(=O)c2cc3ccccc3cc21. The normalized spacial score (nSPS) is 14.1. The van der Waals surface area contributed by atoms with Crippen molar-refractivity contribution in [2.45, 2.75) is 5.41 Å². The number of hydrogen-bond donors (Lipinski definition) is 0. The number of benzene rings is 9. The molecule has 9 aromatic rings. The Hall–Kier alpha value is -7.88. The lowest BCUT2D eigenvalue weighted by Gasteiger charge is -2.47. The van der Waals surface area contributed by atoms with Crippen LogP contribution in [0.15, 0.2) is 212 Å². The maximum atomic E-state index is 14.4. The summed E-state index contributed by atoms with van der Waals surface area (Å²) in [4.78, 5) is 31.2. The minimum Gasteiger partial charge on any atom is -0.309 e. The van der Waals surface area contributed by atoms with Gasteiger partial charge in [0.1, 0.15) is 0 Å². The lowest BCUT2D eigenvalue weighted by atomic mass is 9.63. The third kappa shape index (κ3) is 4.78. The van der Waals surface area contributed by atoms with E-state index < -0.39 is 5.41 Å². The Kier molecular flexibility index (Phi) is 7.45. The summed E-state index contributed by atoms with van der Waals surface area (Å²) < 4.78 is 0. The van der Waals surface area contributed by atoms with Crippen molar-refractivity contribution < 1.29 is 9.59 Å². The molecule has 0 bridgehead atoms. The first-order valence-electron chi connectivity index (χ1n) is 20.4. The summed E-state index contributed by atoms with van der Waals surface area (Å²) in [6, 6.07) is 72.2. The van der Waals surface area contributed by atoms with Gasteiger partial charge in [-0.2, -0.15) is 0 Å². The quantitative estimate of drug-likeness (QED) is 0.132. The zero-order chi connectivity index (χ0) is 40.0. The van der Waals surface area contributed by atoms with Crippen LogP contribution in [0.5, 0.6) is 0 Å². The molecule has 3 nitrogen and oxygen atoms in total. The molecule has 1 spiro atoms. The fourth-order valence-electron chi connectivity index (χ4n) is 10.3. The van der Waals surface area contributed by atoms with Gasteiger partial charge in [0.25, 0.3) is 0 Å². The number of Topliss-reactive ketones (excluding diaryl/α,β-unsaturated/α-hetero) is 2. The Morgan fingerprint density at radius 1 is 0.367 bits per heavy atom. The van der Waals surface area contributed by atoms with E-state index in [0.717, 1.165) is 66.8 Å². The summed E-state index contributed by atoms with van der Waals surface area (Å²) in [5, 5.41) is 1.88. The molecule has 0 amide bonds. The van der Waals surface area contributed by atoms with Gasteiger partial charge in [0.05, 0.1) is 22.4 Å². The summed E-state index contributed by atoms with van der Waals surface area (Å²) in [6.07, 6.45) is 1.84. The Morgan fingerprint density at radius 2 is 0.833 bits per heavy atom. The zero-order valence-electron chi connectivity index (χ0n) is 32.5. The lowest BCUT2D eigenvalue weighted by molar-refractivity contribution is 0.0990. The molecule has 0 saturated heterocycles. The summed E-state index contributed by atoms with van der Waals surface area (Å²) in [5.41, 5.74) is 15.6. The highest BCUT2D eigenvalue weighted by atomic mass is 16.2. The Bertz CT molecular complexity index is 3190. The molecule has 1 aliphatic heterocycles. The van der Waals surface area contributed by atoms with Gasteiger partial charge in [0, 0.05) is 27.9 Å². The van der Waals surface area contributed by atoms with Crippen LogP contribution in [0.25, 0.3) is 50.2 Å². The molecule has 0 saturated carbocycles. The minimum atomic E-state index is -0.768. The second-order valence-corrected chi connectivity index (χ2v) is 15.9. The third-order valence-corrected chi connectivity index (χ3v) is 12.7. The molecule has 0 unspecified atom stereocenters. The Balaban J connectivity index is 1.23. The molecule has 0 aromatic heterocycles. The van der Waals surface area contributed by atoms with Crippen molar-refractivity contribution in [3.8, 4) is 33.4 Å². The molecule has 60 heavy (non-hydrogen) atoms. The van der Waals surface area contributed by atoms with E-state index in [0.29, 0.717) is 11.1 Å². The summed E-state index contributed by atoms with van der Waals surface area (Å²) in [5.74, 6) is -0.482. The van der Waals surface area contributed by atoms with Crippen LogP contribution >= 0.6 is 0 Å². The second kappa shape index (κ2) is 13.1. The van der Waals surface area contributed by atoms with E-state index >= 15 is 0 Å². The first-order chi connectivity index (χ1) is 29.6. The van der Waals surface area contributed by atoms with E-state index in [9.17, 15) is 9.59 Å². The number of carbonyl (C=O) groups is 2. The highest BCUT2D eigenvalue weighted by Gasteiger charge is 2.53. The van der Waals surface area contributed by atoms with Crippen LogP contribution in [0.1, 0.15) is 48.5 Å². The van der Waals surface area contributed by atoms with Crippen LogP contribution in [0, 0.1) is 0 Å². The highest BCUT2D eigenvalue weighted by Crippen LogP contribution is 2.66. The summed E-state index contributed by atoms with van der Waals surface area (Å²) in [6.45, 7) is 0. The minimum absolute atomic E-state index is 0.183. The Morgan fingerprint density at radius 3 is 1.43 bits per heavy atom. The molecule has 0 radical (unpaired) electrons. The van der Waals surface area contributed by atoms with Crippen LogP contribution in [0.2, 0.25) is 0 Å². The molecule has 280 valence electrons. The van der Waals surface area contributed by atoms with Crippen molar-refractivity contribution in [1.29, 1.82) is 0 Å². The smallest absolute Gasteiger partial charge is 0.197 e. The van der Waals surface area contributed by atoms with Crippen molar-refractivity contribution in [3.63, 3.8) is 0 Å². The van der Waals surface area contributed by atoms with Crippen molar-refractivity contribution >= 4 is 45.5 Å². The molecule has 3 heteroatoms. The van der Waals surface area contributed by atoms with E-state index in [1.807, 2.05) is 48.5 Å². The molecule has 0 N–H and O–H groups in total. The van der Waals surface area contributed by atoms with Crippen LogP contribution in [-0.4, -0.2) is 11.6 Å². The number of allylic oxidation sites excluding steroid dienone is 1. The Labute approximate surface area is 348 Å². The van der Waals surface area contributed by atoms with E-state index in [-0.39, 0.29) is 17.1 Å². The van der Waals surface area contributed by atoms with Crippen molar-refractivity contribution in [3.05, 3.63) is 251 Å². The molecule has 3 aliphatic rings. The van der Waals surface area contributed by atoms with Crippen molar-refractivity contribution in [2.75, 3.05) is 4.90 Å². The monoisotopic (exact) mass is 765 g/mol. The van der Waals surface area contributed by atoms with Crippen LogP contribution in [-0.2, 0) is 5.41 Å². The zero-order valence-corrected chi connectivity index (χ0v) is 32.5. The molecule has 12 rings (SSSR count). The van der Waals surface area contributed by atoms with Crippen molar-refractivity contribution in [2.24, 2.45) is 0 Å². The maximum absolute atomic E-state index is 14.4. The van der Waals surface area contributed by atoms with E-state index in [1.165, 1.54) is 22.3 Å². The van der Waals surface area contributed by atoms with Gasteiger partial charge in [0.15, 0.2) is 11.6 Å². The van der Waals surface area contributed by atoms with E-state index in [2.05, 4.69) is 169 Å². The molecular formula is C57H35NO2. The first-order valence-corrected chi connectivity index (χ1v) is 20.4. The van der Waals surface area contributed by atoms with Gasteiger partial charge in [0.2, 0.25) is 0 Å². The van der Waals surface area contributed by atoms with Gasteiger partial charge in [-0.25, -0.2) is 0 Å². The average molecular weight is 766 g/mol. The molecule has 0 fully saturated rings. The number of ketones is 2. The fourth-order valence-corrected chi connectivity index (χ4v) is 10.3. The predicted octanol–water partition coefficient (Wildman–Crippen LogP) is 13.8. The van der Waals surface area contributed by atoms with Crippen LogP contribution in [0.4, 0.5) is 17.1 Å². The van der Waals surface area contributed by atoms with Gasteiger partial charge in [-0.15, -0.1) is 0 Å². The number of carbonyl (C=O) groups excluding carboxylic acids is 2. The number of para-hydroxylation sites is 2. The van der Waals surface area contributed by atoms with Gasteiger partial charge in [-0.3, -0.25) is 9.59 Å².